The Morgan fingerprint density at radius 1 is 1.42 bits per heavy atom. The number of ether oxygens (including phenoxy) is 1. The molecule has 0 aliphatic heterocycles. The molecule has 0 aliphatic rings. The molecule has 2 aromatic rings. The summed E-state index contributed by atoms with van der Waals surface area (Å²) in [7, 11) is 1.88. The third kappa shape index (κ3) is 3.12. The smallest absolute Gasteiger partial charge is 0.242 e. The quantitative estimate of drug-likeness (QED) is 0.841. The molecule has 102 valence electrons. The number of nitrogens with one attached hydrogen (secondary N) is 1. The van der Waals surface area contributed by atoms with Gasteiger partial charge in [0, 0.05) is 13.2 Å². The summed E-state index contributed by atoms with van der Waals surface area (Å²) in [6.07, 6.45) is 3.19. The maximum Gasteiger partial charge on any atom is 0.242 e. The number of nitrogens with two attached hydrogens (primary N) is 1. The largest absolute Gasteiger partial charge is 0.473 e. The second-order valence-corrected chi connectivity index (χ2v) is 4.41. The summed E-state index contributed by atoms with van der Waals surface area (Å²) in [6.45, 7) is 4.42. The molecule has 0 unspecified atom stereocenters. The van der Waals surface area contributed by atoms with Crippen LogP contribution in [-0.2, 0) is 13.6 Å². The Bertz CT molecular complexity index is 551. The van der Waals surface area contributed by atoms with Gasteiger partial charge in [0.2, 0.25) is 5.88 Å². The highest BCUT2D eigenvalue weighted by atomic mass is 16.5. The van der Waals surface area contributed by atoms with Crippen molar-refractivity contribution in [2.75, 3.05) is 11.1 Å². The van der Waals surface area contributed by atoms with Gasteiger partial charge in [-0.15, -0.1) is 0 Å². The van der Waals surface area contributed by atoms with Gasteiger partial charge in [-0.1, -0.05) is 0 Å². The normalized spacial score (nSPS) is 10.7. The fourth-order valence-corrected chi connectivity index (χ4v) is 1.59. The van der Waals surface area contributed by atoms with Gasteiger partial charge in [0.05, 0.1) is 18.3 Å². The molecular weight excluding hydrogens is 244 g/mol. The molecule has 3 N–H and O–H groups in total. The molecule has 0 bridgehead atoms. The zero-order valence-electron chi connectivity index (χ0n) is 11.3. The van der Waals surface area contributed by atoms with E-state index in [9.17, 15) is 0 Å². The van der Waals surface area contributed by atoms with Crippen molar-refractivity contribution in [1.82, 2.24) is 19.7 Å². The summed E-state index contributed by atoms with van der Waals surface area (Å²) < 4.78 is 7.30. The third-order valence-corrected chi connectivity index (χ3v) is 2.55. The molecule has 0 aromatic carbocycles. The molecule has 7 heteroatoms. The van der Waals surface area contributed by atoms with Gasteiger partial charge in [0.25, 0.3) is 0 Å². The van der Waals surface area contributed by atoms with E-state index in [2.05, 4.69) is 20.4 Å². The van der Waals surface area contributed by atoms with Crippen molar-refractivity contribution in [1.29, 1.82) is 0 Å². The van der Waals surface area contributed by atoms with Gasteiger partial charge in [-0.05, 0) is 19.9 Å². The molecule has 0 aliphatic carbocycles. The minimum absolute atomic E-state index is 0.0159. The van der Waals surface area contributed by atoms with E-state index in [0.29, 0.717) is 23.9 Å². The minimum Gasteiger partial charge on any atom is -0.473 e. The van der Waals surface area contributed by atoms with Crippen LogP contribution in [0.15, 0.2) is 18.6 Å². The molecule has 0 saturated heterocycles. The van der Waals surface area contributed by atoms with Crippen LogP contribution in [0.25, 0.3) is 0 Å². The van der Waals surface area contributed by atoms with Crippen LogP contribution >= 0.6 is 0 Å². The van der Waals surface area contributed by atoms with Crippen molar-refractivity contribution in [2.45, 2.75) is 26.5 Å². The molecule has 0 saturated carbocycles. The fourth-order valence-electron chi connectivity index (χ4n) is 1.59. The lowest BCUT2D eigenvalue weighted by Gasteiger charge is -2.13. The number of rotatable bonds is 5. The van der Waals surface area contributed by atoms with Crippen LogP contribution in [0, 0.1) is 0 Å². The average Bonchev–Trinajstić information content (AvgIpc) is 2.76. The number of aromatic nitrogens is 4. The zero-order chi connectivity index (χ0) is 13.8. The molecule has 2 rings (SSSR count). The Morgan fingerprint density at radius 2 is 2.21 bits per heavy atom. The second-order valence-electron chi connectivity index (χ2n) is 4.41. The van der Waals surface area contributed by atoms with Crippen molar-refractivity contribution < 1.29 is 4.74 Å². The summed E-state index contributed by atoms with van der Waals surface area (Å²) in [4.78, 5) is 8.14. The van der Waals surface area contributed by atoms with Crippen LogP contribution in [0.3, 0.4) is 0 Å². The Kier molecular flexibility index (Phi) is 3.84. The van der Waals surface area contributed by atoms with Crippen LogP contribution in [0.4, 0.5) is 11.5 Å². The van der Waals surface area contributed by atoms with Crippen molar-refractivity contribution >= 4 is 11.5 Å². The van der Waals surface area contributed by atoms with E-state index >= 15 is 0 Å². The minimum atomic E-state index is 0.0159. The van der Waals surface area contributed by atoms with Crippen LogP contribution in [0.1, 0.15) is 19.5 Å². The van der Waals surface area contributed by atoms with E-state index in [0.717, 1.165) is 5.69 Å². The molecule has 0 fully saturated rings. The number of nitrogens with zero attached hydrogens (tertiary/aromatic N) is 4. The van der Waals surface area contributed by atoms with Gasteiger partial charge in [0.1, 0.15) is 12.0 Å². The number of hydrogen-bond donors (Lipinski definition) is 2. The molecule has 7 nitrogen and oxygen atoms in total. The summed E-state index contributed by atoms with van der Waals surface area (Å²) in [5.41, 5.74) is 7.42. The first-order chi connectivity index (χ1) is 9.08. The molecular formula is C12H18N6O. The maximum absolute atomic E-state index is 5.97. The lowest BCUT2D eigenvalue weighted by Crippen LogP contribution is -2.12. The molecule has 19 heavy (non-hydrogen) atoms. The first-order valence-electron chi connectivity index (χ1n) is 6.05. The van der Waals surface area contributed by atoms with E-state index in [1.165, 1.54) is 6.33 Å². The molecule has 0 amide bonds. The van der Waals surface area contributed by atoms with Crippen molar-refractivity contribution in [3.05, 3.63) is 24.3 Å². The highest BCUT2D eigenvalue weighted by Crippen LogP contribution is 2.25. The topological polar surface area (TPSA) is 90.9 Å². The van der Waals surface area contributed by atoms with Crippen molar-refractivity contribution in [3.63, 3.8) is 0 Å². The van der Waals surface area contributed by atoms with Crippen LogP contribution < -0.4 is 15.8 Å². The Morgan fingerprint density at radius 3 is 2.84 bits per heavy atom. The van der Waals surface area contributed by atoms with Gasteiger partial charge in [-0.3, -0.25) is 4.68 Å². The Labute approximate surface area is 111 Å². The summed E-state index contributed by atoms with van der Waals surface area (Å²) >= 11 is 0. The van der Waals surface area contributed by atoms with E-state index in [4.69, 9.17) is 10.5 Å². The molecule has 0 spiro atoms. The van der Waals surface area contributed by atoms with E-state index < -0.39 is 0 Å². The number of hydrogen-bond acceptors (Lipinski definition) is 6. The summed E-state index contributed by atoms with van der Waals surface area (Å²) in [5.74, 6) is 0.962. The number of aryl methyl sites for hydroxylation is 1. The summed E-state index contributed by atoms with van der Waals surface area (Å²) in [5, 5.41) is 7.25. The van der Waals surface area contributed by atoms with Crippen molar-refractivity contribution in [2.24, 2.45) is 7.05 Å². The maximum atomic E-state index is 5.97. The van der Waals surface area contributed by atoms with Gasteiger partial charge < -0.3 is 15.8 Å². The van der Waals surface area contributed by atoms with Crippen molar-refractivity contribution in [3.8, 4) is 5.88 Å². The first kappa shape index (κ1) is 13.1. The SMILES string of the molecule is CC(C)Oc1ncnc(NCc2ccnn2C)c1N. The zero-order valence-corrected chi connectivity index (χ0v) is 11.3. The Balaban J connectivity index is 2.10. The summed E-state index contributed by atoms with van der Waals surface area (Å²) in [6, 6.07) is 1.93. The average molecular weight is 262 g/mol. The molecule has 0 atom stereocenters. The highest BCUT2D eigenvalue weighted by molar-refractivity contribution is 5.66. The predicted octanol–water partition coefficient (Wildman–Crippen LogP) is 1.19. The van der Waals surface area contributed by atoms with E-state index in [1.54, 1.807) is 10.9 Å². The van der Waals surface area contributed by atoms with Crippen LogP contribution in [-0.4, -0.2) is 25.9 Å². The van der Waals surface area contributed by atoms with Crippen LogP contribution in [0.2, 0.25) is 0 Å². The fraction of sp³-hybridized carbons (Fsp3) is 0.417. The third-order valence-electron chi connectivity index (χ3n) is 2.55. The van der Waals surface area contributed by atoms with Gasteiger partial charge >= 0.3 is 0 Å². The Hall–Kier alpha value is -2.31. The first-order valence-corrected chi connectivity index (χ1v) is 6.05. The molecule has 2 heterocycles. The molecule has 2 aromatic heterocycles. The lowest BCUT2D eigenvalue weighted by molar-refractivity contribution is 0.234. The number of anilines is 2. The standard InChI is InChI=1S/C12H18N6O/c1-8(2)19-12-10(13)11(15-7-16-12)14-6-9-4-5-17-18(9)3/h4-5,7-8H,6,13H2,1-3H3,(H,14,15,16). The second kappa shape index (κ2) is 5.55. The van der Waals surface area contributed by atoms with Gasteiger partial charge in [0.15, 0.2) is 5.82 Å². The van der Waals surface area contributed by atoms with Gasteiger partial charge in [-0.2, -0.15) is 10.1 Å². The molecule has 0 radical (unpaired) electrons. The van der Waals surface area contributed by atoms with Gasteiger partial charge in [-0.25, -0.2) is 4.98 Å². The van der Waals surface area contributed by atoms with Crippen LogP contribution in [0.5, 0.6) is 5.88 Å². The van der Waals surface area contributed by atoms with E-state index in [-0.39, 0.29) is 6.10 Å². The predicted molar refractivity (Wildman–Crippen MR) is 72.7 cm³/mol. The van der Waals surface area contributed by atoms with E-state index in [1.807, 2.05) is 27.0 Å². The number of nitrogen functional groups attached to an aromatic ring is 1. The highest BCUT2D eigenvalue weighted by Gasteiger charge is 2.10. The monoisotopic (exact) mass is 262 g/mol. The lowest BCUT2D eigenvalue weighted by atomic mass is 10.4.